The molecule has 0 bridgehead atoms. The summed E-state index contributed by atoms with van der Waals surface area (Å²) in [7, 11) is 2.29. The average molecular weight is 277 g/mol. The number of carbonyl (C=O) groups excluding carboxylic acids is 1. The maximum atomic E-state index is 11.8. The Labute approximate surface area is 112 Å². The molecule has 0 aliphatic carbocycles. The van der Waals surface area contributed by atoms with Crippen LogP contribution in [0.2, 0.25) is 6.04 Å². The van der Waals surface area contributed by atoms with Crippen LogP contribution in [0, 0.1) is 5.41 Å². The van der Waals surface area contributed by atoms with Gasteiger partial charge < -0.3 is 18.6 Å². The highest BCUT2D eigenvalue weighted by Gasteiger charge is 2.37. The Morgan fingerprint density at radius 2 is 1.67 bits per heavy atom. The van der Waals surface area contributed by atoms with E-state index in [0.717, 1.165) is 12.8 Å². The highest BCUT2D eigenvalue weighted by Crippen LogP contribution is 2.19. The van der Waals surface area contributed by atoms with Crippen LogP contribution < -0.4 is 5.32 Å². The van der Waals surface area contributed by atoms with E-state index in [1.54, 1.807) is 21.3 Å². The van der Waals surface area contributed by atoms with E-state index in [1.807, 2.05) is 20.8 Å². The summed E-state index contributed by atoms with van der Waals surface area (Å²) in [6, 6.07) is 0.698. The van der Waals surface area contributed by atoms with Crippen molar-refractivity contribution in [2.24, 2.45) is 5.41 Å². The summed E-state index contributed by atoms with van der Waals surface area (Å²) >= 11 is 0. The van der Waals surface area contributed by atoms with Crippen LogP contribution in [-0.2, 0) is 18.1 Å². The maximum Gasteiger partial charge on any atom is 0.500 e. The van der Waals surface area contributed by atoms with Gasteiger partial charge in [0.25, 0.3) is 0 Å². The molecule has 0 aromatic carbocycles. The van der Waals surface area contributed by atoms with Crippen molar-refractivity contribution in [1.29, 1.82) is 0 Å². The van der Waals surface area contributed by atoms with Crippen LogP contribution in [-0.4, -0.2) is 42.6 Å². The van der Waals surface area contributed by atoms with Crippen LogP contribution in [0.1, 0.15) is 33.6 Å². The van der Waals surface area contributed by atoms with Gasteiger partial charge in [-0.25, -0.2) is 0 Å². The molecule has 0 aliphatic heterocycles. The standard InChI is InChI=1S/C12H27NO4Si/c1-7-12(2,3)11(14)13-9-8-10-18(15-4,16-5)17-6/h7-10H2,1-6H3,(H,13,14). The number of hydrogen-bond donors (Lipinski definition) is 1. The van der Waals surface area contributed by atoms with Gasteiger partial charge in [0.2, 0.25) is 5.91 Å². The molecule has 0 aromatic rings. The fourth-order valence-corrected chi connectivity index (χ4v) is 3.18. The van der Waals surface area contributed by atoms with Crippen LogP contribution >= 0.6 is 0 Å². The molecule has 1 N–H and O–H groups in total. The van der Waals surface area contributed by atoms with Gasteiger partial charge in [-0.1, -0.05) is 20.8 Å². The summed E-state index contributed by atoms with van der Waals surface area (Å²) in [5.41, 5.74) is -0.307. The topological polar surface area (TPSA) is 56.8 Å². The fourth-order valence-electron chi connectivity index (χ4n) is 1.46. The number of carbonyl (C=O) groups is 1. The molecule has 0 aromatic heterocycles. The summed E-state index contributed by atoms with van der Waals surface area (Å²) in [5.74, 6) is 0.0875. The van der Waals surface area contributed by atoms with Crippen LogP contribution in [0.5, 0.6) is 0 Å². The largest absolute Gasteiger partial charge is 0.500 e. The van der Waals surface area contributed by atoms with Crippen molar-refractivity contribution in [2.45, 2.75) is 39.7 Å². The molecule has 6 heteroatoms. The van der Waals surface area contributed by atoms with Gasteiger partial charge in [0.05, 0.1) is 0 Å². The third-order valence-electron chi connectivity index (χ3n) is 3.38. The molecule has 0 radical (unpaired) electrons. The number of rotatable bonds is 9. The van der Waals surface area contributed by atoms with Gasteiger partial charge in [0.15, 0.2) is 0 Å². The third kappa shape index (κ3) is 5.05. The first-order valence-corrected chi connectivity index (χ1v) is 8.24. The Kier molecular flexibility index (Phi) is 7.69. The third-order valence-corrected chi connectivity index (χ3v) is 6.21. The van der Waals surface area contributed by atoms with E-state index in [1.165, 1.54) is 0 Å². The van der Waals surface area contributed by atoms with Crippen LogP contribution in [0.4, 0.5) is 0 Å². The molecule has 0 atom stereocenters. The second kappa shape index (κ2) is 7.88. The molecule has 0 spiro atoms. The van der Waals surface area contributed by atoms with Gasteiger partial charge in [-0.3, -0.25) is 4.79 Å². The second-order valence-corrected chi connectivity index (χ2v) is 7.98. The van der Waals surface area contributed by atoms with Crippen LogP contribution in [0.15, 0.2) is 0 Å². The monoisotopic (exact) mass is 277 g/mol. The van der Waals surface area contributed by atoms with Crippen molar-refractivity contribution in [1.82, 2.24) is 5.32 Å². The lowest BCUT2D eigenvalue weighted by atomic mass is 9.89. The molecule has 108 valence electrons. The highest BCUT2D eigenvalue weighted by atomic mass is 28.4. The summed E-state index contributed by atoms with van der Waals surface area (Å²) in [6.45, 7) is 6.52. The summed E-state index contributed by atoms with van der Waals surface area (Å²) in [6.07, 6.45) is 1.61. The van der Waals surface area contributed by atoms with Crippen molar-refractivity contribution in [2.75, 3.05) is 27.9 Å². The van der Waals surface area contributed by atoms with Crippen molar-refractivity contribution in [3.05, 3.63) is 0 Å². The first-order valence-electron chi connectivity index (χ1n) is 6.31. The van der Waals surface area contributed by atoms with Crippen molar-refractivity contribution in [3.8, 4) is 0 Å². The molecule has 0 saturated heterocycles. The van der Waals surface area contributed by atoms with E-state index < -0.39 is 8.80 Å². The van der Waals surface area contributed by atoms with Gasteiger partial charge in [0, 0.05) is 39.3 Å². The molecule has 1 amide bonds. The molecule has 0 saturated carbocycles. The van der Waals surface area contributed by atoms with Crippen molar-refractivity contribution >= 4 is 14.7 Å². The zero-order valence-corrected chi connectivity index (χ0v) is 13.5. The molecule has 0 fully saturated rings. The summed E-state index contributed by atoms with van der Waals surface area (Å²) in [4.78, 5) is 11.8. The van der Waals surface area contributed by atoms with Crippen LogP contribution in [0.25, 0.3) is 0 Å². The van der Waals surface area contributed by atoms with Gasteiger partial charge in [-0.2, -0.15) is 0 Å². The molecular formula is C12H27NO4Si. The molecule has 0 unspecified atom stereocenters. The Bertz CT molecular complexity index is 246. The molecule has 0 aliphatic rings. The van der Waals surface area contributed by atoms with E-state index in [4.69, 9.17) is 13.3 Å². The Hall–Kier alpha value is -0.433. The SMILES string of the molecule is CCC(C)(C)C(=O)NCCC[Si](OC)(OC)OC. The van der Waals surface area contributed by atoms with E-state index in [-0.39, 0.29) is 11.3 Å². The first kappa shape index (κ1) is 17.6. The second-order valence-electron chi connectivity index (χ2n) is 4.89. The quantitative estimate of drug-likeness (QED) is 0.516. The van der Waals surface area contributed by atoms with E-state index >= 15 is 0 Å². The van der Waals surface area contributed by atoms with E-state index in [9.17, 15) is 4.79 Å². The fraction of sp³-hybridized carbons (Fsp3) is 0.917. The van der Waals surface area contributed by atoms with Gasteiger partial charge >= 0.3 is 8.80 Å². The van der Waals surface area contributed by atoms with Crippen molar-refractivity contribution in [3.63, 3.8) is 0 Å². The van der Waals surface area contributed by atoms with Crippen molar-refractivity contribution < 1.29 is 18.1 Å². The molecule has 0 rings (SSSR count). The smallest absolute Gasteiger partial charge is 0.377 e. The summed E-state index contributed by atoms with van der Waals surface area (Å²) < 4.78 is 15.9. The zero-order valence-electron chi connectivity index (χ0n) is 12.5. The normalized spacial score (nSPS) is 12.6. The van der Waals surface area contributed by atoms with Gasteiger partial charge in [-0.15, -0.1) is 0 Å². The van der Waals surface area contributed by atoms with E-state index in [0.29, 0.717) is 12.6 Å². The van der Waals surface area contributed by atoms with E-state index in [2.05, 4.69) is 5.32 Å². The lowest BCUT2D eigenvalue weighted by Crippen LogP contribution is -2.44. The minimum Gasteiger partial charge on any atom is -0.377 e. The predicted octanol–water partition coefficient (Wildman–Crippen LogP) is 1.81. The molecule has 5 nitrogen and oxygen atoms in total. The van der Waals surface area contributed by atoms with Gasteiger partial charge in [-0.05, 0) is 12.8 Å². The molecule has 18 heavy (non-hydrogen) atoms. The number of hydrogen-bond acceptors (Lipinski definition) is 4. The van der Waals surface area contributed by atoms with Crippen LogP contribution in [0.3, 0.4) is 0 Å². The predicted molar refractivity (Wildman–Crippen MR) is 73.3 cm³/mol. The summed E-state index contributed by atoms with van der Waals surface area (Å²) in [5, 5.41) is 2.94. The molecule has 0 heterocycles. The minimum absolute atomic E-state index is 0.0875. The number of nitrogens with one attached hydrogen (secondary N) is 1. The maximum absolute atomic E-state index is 11.8. The Morgan fingerprint density at radius 3 is 2.06 bits per heavy atom. The highest BCUT2D eigenvalue weighted by molar-refractivity contribution is 6.60. The Morgan fingerprint density at radius 1 is 1.17 bits per heavy atom. The average Bonchev–Trinajstić information content (AvgIpc) is 2.39. The minimum atomic E-state index is -2.49. The first-order chi connectivity index (χ1) is 8.37. The lowest BCUT2D eigenvalue weighted by Gasteiger charge is -2.25. The zero-order chi connectivity index (χ0) is 14.2. The lowest BCUT2D eigenvalue weighted by molar-refractivity contribution is -0.129. The molecular weight excluding hydrogens is 250 g/mol. The Balaban J connectivity index is 4.03. The number of amides is 1. The van der Waals surface area contributed by atoms with Gasteiger partial charge in [0.1, 0.15) is 0 Å².